The number of hydrogen-bond donors (Lipinski definition) is 2. The van der Waals surface area contributed by atoms with E-state index >= 15 is 0 Å². The number of rotatable bonds is 8. The molecule has 11 heteroatoms. The third-order valence-corrected chi connectivity index (χ3v) is 8.16. The van der Waals surface area contributed by atoms with Gasteiger partial charge < -0.3 is 10.6 Å². The number of fused-ring (bicyclic) bond motifs is 1. The van der Waals surface area contributed by atoms with E-state index in [9.17, 15) is 9.59 Å². The van der Waals surface area contributed by atoms with Crippen molar-refractivity contribution in [2.75, 3.05) is 23.7 Å². The summed E-state index contributed by atoms with van der Waals surface area (Å²) in [7, 11) is 1.84. The van der Waals surface area contributed by atoms with Crippen LogP contribution in [0.4, 0.5) is 11.4 Å². The van der Waals surface area contributed by atoms with Gasteiger partial charge in [0.15, 0.2) is 0 Å². The Morgan fingerprint density at radius 1 is 0.975 bits per heavy atom. The smallest absolute Gasteiger partial charge is 0.259 e. The number of likely N-dealkylation sites (tertiary alicyclic amines) is 1. The summed E-state index contributed by atoms with van der Waals surface area (Å²) < 4.78 is 3.34. The van der Waals surface area contributed by atoms with Crippen LogP contribution < -0.4 is 10.6 Å². The molecule has 1 atom stereocenters. The summed E-state index contributed by atoms with van der Waals surface area (Å²) in [5.41, 5.74) is 4.29. The number of carbonyl (C=O) groups excluding carboxylic acids is 2. The van der Waals surface area contributed by atoms with E-state index in [2.05, 4.69) is 35.7 Å². The topological polar surface area (TPSA) is 122 Å². The van der Waals surface area contributed by atoms with E-state index in [1.807, 2.05) is 20.2 Å². The van der Waals surface area contributed by atoms with Crippen LogP contribution in [0.2, 0.25) is 0 Å². The molecule has 2 fully saturated rings. The van der Waals surface area contributed by atoms with Gasteiger partial charge in [-0.3, -0.25) is 29.1 Å². The minimum atomic E-state index is -0.326. The van der Waals surface area contributed by atoms with Gasteiger partial charge in [0, 0.05) is 37.8 Å². The maximum Gasteiger partial charge on any atom is 0.259 e. The fourth-order valence-corrected chi connectivity index (χ4v) is 6.00. The first kappa shape index (κ1) is 26.1. The molecule has 6 rings (SSSR count). The number of carbonyl (C=O) groups is 2. The molecule has 4 aromatic rings. The molecule has 0 radical (unpaired) electrons. The highest BCUT2D eigenvalue weighted by atomic mass is 16.2. The minimum Gasteiger partial charge on any atom is -0.325 e. The molecule has 2 amide bonds. The zero-order chi connectivity index (χ0) is 27.6. The Morgan fingerprint density at radius 2 is 1.82 bits per heavy atom. The summed E-state index contributed by atoms with van der Waals surface area (Å²) in [5, 5.41) is 14.5. The van der Waals surface area contributed by atoms with Crippen molar-refractivity contribution in [3.63, 3.8) is 0 Å². The Morgan fingerprint density at radius 3 is 2.62 bits per heavy atom. The van der Waals surface area contributed by atoms with E-state index < -0.39 is 0 Å². The van der Waals surface area contributed by atoms with E-state index in [-0.39, 0.29) is 11.8 Å². The summed E-state index contributed by atoms with van der Waals surface area (Å²) in [6.07, 6.45) is 18.1. The van der Waals surface area contributed by atoms with E-state index in [4.69, 9.17) is 0 Å². The number of nitrogens with one attached hydrogen (secondary N) is 2. The first-order chi connectivity index (χ1) is 19.4. The standard InChI is InChI=1S/C29H35N9O2/c1-19-25(35-29(40)24-14-33-38-18-26(31-15-27(24)38)21-12-32-36(2)17-21)10-22(13-30-19)34-28(39)11-23-8-5-9-37(23)16-20-6-3-4-7-20/h10,12-15,17-18,20,23H,3-9,11,16H2,1-2H3,(H,34,39)(H,35,40). The van der Waals surface area contributed by atoms with Crippen molar-refractivity contribution < 1.29 is 9.59 Å². The summed E-state index contributed by atoms with van der Waals surface area (Å²) in [6.45, 7) is 4.02. The Bertz CT molecular complexity index is 1540. The summed E-state index contributed by atoms with van der Waals surface area (Å²) in [5.74, 6) is 0.431. The second-order valence-electron chi connectivity index (χ2n) is 11.1. The molecule has 1 aliphatic carbocycles. The fourth-order valence-electron chi connectivity index (χ4n) is 6.00. The van der Waals surface area contributed by atoms with Gasteiger partial charge in [-0.1, -0.05) is 12.8 Å². The molecule has 1 saturated heterocycles. The fraction of sp³-hybridized carbons (Fsp3) is 0.448. The molecule has 2 aliphatic rings. The van der Waals surface area contributed by atoms with Crippen LogP contribution in [0, 0.1) is 12.8 Å². The SMILES string of the molecule is Cc1ncc(NC(=O)CC2CCCN2CC2CCCC2)cc1NC(=O)c1cnn2cc(-c3cnn(C)c3)ncc12. The minimum absolute atomic E-state index is 0.0237. The highest BCUT2D eigenvalue weighted by molar-refractivity contribution is 6.09. The third-order valence-electron chi connectivity index (χ3n) is 8.16. The molecule has 1 aliphatic heterocycles. The number of aromatic nitrogens is 6. The predicted molar refractivity (Wildman–Crippen MR) is 152 cm³/mol. The van der Waals surface area contributed by atoms with Gasteiger partial charge in [0.25, 0.3) is 5.91 Å². The molecule has 1 saturated carbocycles. The molecule has 0 bridgehead atoms. The van der Waals surface area contributed by atoms with Crippen LogP contribution in [0.1, 0.15) is 61.0 Å². The highest BCUT2D eigenvalue weighted by Crippen LogP contribution is 2.30. The van der Waals surface area contributed by atoms with E-state index in [1.165, 1.54) is 31.9 Å². The first-order valence-corrected chi connectivity index (χ1v) is 14.1. The number of hydrogen-bond acceptors (Lipinski definition) is 7. The number of nitrogens with zero attached hydrogens (tertiary/aromatic N) is 7. The molecule has 208 valence electrons. The van der Waals surface area contributed by atoms with Crippen molar-refractivity contribution >= 4 is 28.7 Å². The van der Waals surface area contributed by atoms with Crippen molar-refractivity contribution in [3.05, 3.63) is 54.5 Å². The van der Waals surface area contributed by atoms with Crippen molar-refractivity contribution in [1.82, 2.24) is 34.3 Å². The zero-order valence-corrected chi connectivity index (χ0v) is 23.0. The lowest BCUT2D eigenvalue weighted by Crippen LogP contribution is -2.36. The average molecular weight is 542 g/mol. The van der Waals surface area contributed by atoms with Gasteiger partial charge in [-0.05, 0) is 51.1 Å². The van der Waals surface area contributed by atoms with Crippen LogP contribution >= 0.6 is 0 Å². The van der Waals surface area contributed by atoms with Gasteiger partial charge in [-0.2, -0.15) is 10.2 Å². The normalized spacial score (nSPS) is 18.0. The first-order valence-electron chi connectivity index (χ1n) is 14.1. The van der Waals surface area contributed by atoms with Crippen molar-refractivity contribution in [1.29, 1.82) is 0 Å². The molecule has 4 aromatic heterocycles. The summed E-state index contributed by atoms with van der Waals surface area (Å²) in [6, 6.07) is 2.05. The maximum atomic E-state index is 13.2. The van der Waals surface area contributed by atoms with Gasteiger partial charge in [-0.15, -0.1) is 0 Å². The lowest BCUT2D eigenvalue weighted by atomic mass is 10.1. The molecular weight excluding hydrogens is 506 g/mol. The number of aryl methyl sites for hydroxylation is 2. The Balaban J connectivity index is 1.11. The maximum absolute atomic E-state index is 13.2. The van der Waals surface area contributed by atoms with Crippen molar-refractivity contribution in [3.8, 4) is 11.3 Å². The Hall–Kier alpha value is -4.12. The number of anilines is 2. The molecular formula is C29H35N9O2. The van der Waals surface area contributed by atoms with Crippen LogP contribution in [0.5, 0.6) is 0 Å². The Labute approximate surface area is 233 Å². The molecule has 1 unspecified atom stereocenters. The number of pyridine rings is 1. The molecule has 2 N–H and O–H groups in total. The lowest BCUT2D eigenvalue weighted by molar-refractivity contribution is -0.117. The molecule has 11 nitrogen and oxygen atoms in total. The van der Waals surface area contributed by atoms with E-state index in [1.54, 1.807) is 40.1 Å². The average Bonchev–Trinajstić information content (AvgIpc) is 3.75. The largest absolute Gasteiger partial charge is 0.325 e. The van der Waals surface area contributed by atoms with Gasteiger partial charge >= 0.3 is 0 Å². The van der Waals surface area contributed by atoms with Crippen LogP contribution in [0.3, 0.4) is 0 Å². The van der Waals surface area contributed by atoms with Gasteiger partial charge in [-0.25, -0.2) is 4.52 Å². The zero-order valence-electron chi connectivity index (χ0n) is 23.0. The van der Waals surface area contributed by atoms with Crippen LogP contribution in [0.15, 0.2) is 43.2 Å². The van der Waals surface area contributed by atoms with Crippen LogP contribution in [0.25, 0.3) is 16.8 Å². The number of amides is 2. The highest BCUT2D eigenvalue weighted by Gasteiger charge is 2.29. The molecule has 0 spiro atoms. The molecule has 0 aromatic carbocycles. The summed E-state index contributed by atoms with van der Waals surface area (Å²) >= 11 is 0. The quantitative estimate of drug-likeness (QED) is 0.345. The van der Waals surface area contributed by atoms with Gasteiger partial charge in [0.2, 0.25) is 5.91 Å². The third kappa shape index (κ3) is 5.60. The second kappa shape index (κ2) is 11.2. The monoisotopic (exact) mass is 541 g/mol. The second-order valence-corrected chi connectivity index (χ2v) is 11.1. The van der Waals surface area contributed by atoms with Crippen molar-refractivity contribution in [2.45, 2.75) is 57.9 Å². The summed E-state index contributed by atoms with van der Waals surface area (Å²) in [4.78, 5) is 37.6. The van der Waals surface area contributed by atoms with Crippen LogP contribution in [-0.4, -0.2) is 65.2 Å². The predicted octanol–water partition coefficient (Wildman–Crippen LogP) is 4.07. The van der Waals surface area contributed by atoms with Gasteiger partial charge in [0.1, 0.15) is 0 Å². The van der Waals surface area contributed by atoms with E-state index in [0.29, 0.717) is 46.3 Å². The molecule has 5 heterocycles. The lowest BCUT2D eigenvalue weighted by Gasteiger charge is -2.27. The van der Waals surface area contributed by atoms with Gasteiger partial charge in [0.05, 0.1) is 64.8 Å². The molecule has 40 heavy (non-hydrogen) atoms. The van der Waals surface area contributed by atoms with E-state index in [0.717, 1.165) is 37.4 Å². The van der Waals surface area contributed by atoms with Crippen molar-refractivity contribution in [2.24, 2.45) is 13.0 Å². The van der Waals surface area contributed by atoms with Crippen LogP contribution in [-0.2, 0) is 11.8 Å². The Kier molecular flexibility index (Phi) is 7.29.